The topological polar surface area (TPSA) is 20.2 Å². The van der Waals surface area contributed by atoms with E-state index < -0.39 is 0 Å². The fourth-order valence-corrected chi connectivity index (χ4v) is 2.23. The Kier molecular flexibility index (Phi) is 4.77. The van der Waals surface area contributed by atoms with Gasteiger partial charge in [0, 0.05) is 11.5 Å². The highest BCUT2D eigenvalue weighted by atomic mass is 79.9. The van der Waals surface area contributed by atoms with Crippen LogP contribution in [0.25, 0.3) is 0 Å². The molecule has 1 rings (SSSR count). The third-order valence-electron chi connectivity index (χ3n) is 1.52. The van der Waals surface area contributed by atoms with Gasteiger partial charge >= 0.3 is 0 Å². The van der Waals surface area contributed by atoms with Crippen molar-refractivity contribution < 1.29 is 9.50 Å². The maximum absolute atomic E-state index is 13.0. The molecule has 13 heavy (non-hydrogen) atoms. The van der Waals surface area contributed by atoms with Crippen LogP contribution in [-0.4, -0.2) is 17.5 Å². The van der Waals surface area contributed by atoms with Gasteiger partial charge in [0.1, 0.15) is 5.82 Å². The van der Waals surface area contributed by atoms with Crippen LogP contribution in [-0.2, 0) is 5.75 Å². The van der Waals surface area contributed by atoms with E-state index in [0.717, 1.165) is 11.3 Å². The van der Waals surface area contributed by atoms with E-state index in [-0.39, 0.29) is 12.4 Å². The Balaban J connectivity index is 2.61. The van der Waals surface area contributed by atoms with Gasteiger partial charge in [-0.2, -0.15) is 11.8 Å². The monoisotopic (exact) mass is 264 g/mol. The number of hydrogen-bond acceptors (Lipinski definition) is 2. The number of rotatable bonds is 4. The minimum absolute atomic E-state index is 0.164. The van der Waals surface area contributed by atoms with Crippen molar-refractivity contribution in [3.63, 3.8) is 0 Å². The molecule has 0 amide bonds. The zero-order chi connectivity index (χ0) is 9.68. The summed E-state index contributed by atoms with van der Waals surface area (Å²) in [6.45, 7) is 0.164. The van der Waals surface area contributed by atoms with Crippen molar-refractivity contribution in [3.8, 4) is 0 Å². The Morgan fingerprint density at radius 1 is 1.46 bits per heavy atom. The summed E-state index contributed by atoms with van der Waals surface area (Å²) in [6.07, 6.45) is 0. The molecule has 0 aliphatic rings. The van der Waals surface area contributed by atoms with Crippen LogP contribution in [0.5, 0.6) is 0 Å². The summed E-state index contributed by atoms with van der Waals surface area (Å²) in [5.41, 5.74) is 0.929. The molecule has 0 aliphatic heterocycles. The molecular weight excluding hydrogens is 255 g/mol. The summed E-state index contributed by atoms with van der Waals surface area (Å²) in [4.78, 5) is 0. The molecule has 0 spiro atoms. The van der Waals surface area contributed by atoms with Gasteiger partial charge in [0.15, 0.2) is 0 Å². The lowest BCUT2D eigenvalue weighted by Crippen LogP contribution is -1.90. The van der Waals surface area contributed by atoms with Gasteiger partial charge in [0.05, 0.1) is 11.1 Å². The van der Waals surface area contributed by atoms with E-state index in [0.29, 0.717) is 10.2 Å². The summed E-state index contributed by atoms with van der Waals surface area (Å²) in [7, 11) is 0. The maximum atomic E-state index is 13.0. The van der Waals surface area contributed by atoms with Crippen molar-refractivity contribution in [1.82, 2.24) is 0 Å². The molecule has 1 aromatic rings. The van der Waals surface area contributed by atoms with Crippen LogP contribution in [0.3, 0.4) is 0 Å². The highest BCUT2D eigenvalue weighted by molar-refractivity contribution is 9.10. The molecule has 0 bridgehead atoms. The Bertz CT molecular complexity index is 280. The number of halogens is 2. The van der Waals surface area contributed by atoms with E-state index in [1.165, 1.54) is 6.07 Å². The minimum Gasteiger partial charge on any atom is -0.396 e. The lowest BCUT2D eigenvalue weighted by molar-refractivity contribution is 0.322. The van der Waals surface area contributed by atoms with Gasteiger partial charge in [0.25, 0.3) is 0 Å². The second kappa shape index (κ2) is 5.62. The first kappa shape index (κ1) is 11.0. The van der Waals surface area contributed by atoms with E-state index in [2.05, 4.69) is 15.9 Å². The number of aliphatic hydroxyl groups excluding tert-OH is 1. The molecule has 0 fully saturated rings. The predicted octanol–water partition coefficient (Wildman–Crippen LogP) is 2.81. The minimum atomic E-state index is -0.234. The molecule has 4 heteroatoms. The number of aliphatic hydroxyl groups is 1. The predicted molar refractivity (Wildman–Crippen MR) is 57.3 cm³/mol. The van der Waals surface area contributed by atoms with E-state index in [1.807, 2.05) is 6.07 Å². The molecule has 0 atom stereocenters. The zero-order valence-corrected chi connectivity index (χ0v) is 9.37. The molecular formula is C9H10BrFOS. The average molecular weight is 265 g/mol. The fourth-order valence-electron chi connectivity index (χ4n) is 0.907. The first-order chi connectivity index (χ1) is 6.25. The second-order valence-corrected chi connectivity index (χ2v) is 4.39. The summed E-state index contributed by atoms with van der Waals surface area (Å²) in [6, 6.07) is 4.98. The van der Waals surface area contributed by atoms with Crippen molar-refractivity contribution >= 4 is 27.7 Å². The van der Waals surface area contributed by atoms with E-state index in [4.69, 9.17) is 5.11 Å². The quantitative estimate of drug-likeness (QED) is 0.845. The normalized spacial score (nSPS) is 10.4. The lowest BCUT2D eigenvalue weighted by Gasteiger charge is -2.03. The van der Waals surface area contributed by atoms with Gasteiger partial charge in [0.2, 0.25) is 0 Å². The lowest BCUT2D eigenvalue weighted by atomic mass is 10.2. The van der Waals surface area contributed by atoms with Gasteiger partial charge < -0.3 is 5.11 Å². The van der Waals surface area contributed by atoms with E-state index in [9.17, 15) is 4.39 Å². The first-order valence-electron chi connectivity index (χ1n) is 3.87. The fraction of sp³-hybridized carbons (Fsp3) is 0.333. The summed E-state index contributed by atoms with van der Waals surface area (Å²) < 4.78 is 13.5. The van der Waals surface area contributed by atoms with Gasteiger partial charge in [-0.05, 0) is 27.6 Å². The van der Waals surface area contributed by atoms with Crippen LogP contribution < -0.4 is 0 Å². The third-order valence-corrected chi connectivity index (χ3v) is 3.40. The summed E-state index contributed by atoms with van der Waals surface area (Å²) in [5.74, 6) is 1.17. The molecule has 0 heterocycles. The van der Waals surface area contributed by atoms with Crippen molar-refractivity contribution in [1.29, 1.82) is 0 Å². The van der Waals surface area contributed by atoms with Crippen molar-refractivity contribution in [2.45, 2.75) is 5.75 Å². The largest absolute Gasteiger partial charge is 0.396 e. The number of hydrogen-bond donors (Lipinski definition) is 1. The van der Waals surface area contributed by atoms with E-state index >= 15 is 0 Å². The van der Waals surface area contributed by atoms with Crippen LogP contribution in [0.15, 0.2) is 22.7 Å². The van der Waals surface area contributed by atoms with Crippen molar-refractivity contribution in [2.24, 2.45) is 0 Å². The summed E-state index contributed by atoms with van der Waals surface area (Å²) >= 11 is 4.76. The third kappa shape index (κ3) is 3.29. The van der Waals surface area contributed by atoms with E-state index in [1.54, 1.807) is 17.8 Å². The van der Waals surface area contributed by atoms with Crippen LogP contribution >= 0.6 is 27.7 Å². The summed E-state index contributed by atoms with van der Waals surface area (Å²) in [5, 5.41) is 8.56. The smallest absolute Gasteiger partial charge is 0.137 e. The van der Waals surface area contributed by atoms with Crippen molar-refractivity contribution in [3.05, 3.63) is 34.1 Å². The zero-order valence-electron chi connectivity index (χ0n) is 6.96. The Morgan fingerprint density at radius 2 is 2.23 bits per heavy atom. The maximum Gasteiger partial charge on any atom is 0.137 e. The molecule has 0 saturated carbocycles. The number of thioether (sulfide) groups is 1. The van der Waals surface area contributed by atoms with Crippen LogP contribution in [0.1, 0.15) is 5.56 Å². The number of benzene rings is 1. The van der Waals surface area contributed by atoms with Crippen LogP contribution in [0, 0.1) is 5.82 Å². The molecule has 0 aromatic heterocycles. The van der Waals surface area contributed by atoms with Crippen LogP contribution in [0.2, 0.25) is 0 Å². The molecule has 0 unspecified atom stereocenters. The Hall–Kier alpha value is -0.0600. The molecule has 0 saturated heterocycles. The van der Waals surface area contributed by atoms with Crippen LogP contribution in [0.4, 0.5) is 4.39 Å². The molecule has 0 aliphatic carbocycles. The van der Waals surface area contributed by atoms with Gasteiger partial charge in [-0.1, -0.05) is 12.1 Å². The molecule has 72 valence electrons. The van der Waals surface area contributed by atoms with Gasteiger partial charge in [-0.25, -0.2) is 4.39 Å². The van der Waals surface area contributed by atoms with Gasteiger partial charge in [-0.3, -0.25) is 0 Å². The van der Waals surface area contributed by atoms with Crippen molar-refractivity contribution in [2.75, 3.05) is 12.4 Å². The standard InChI is InChI=1S/C9H10BrFOS/c10-9-7(6-13-5-4-12)2-1-3-8(9)11/h1-3,12H,4-6H2. The highest BCUT2D eigenvalue weighted by Crippen LogP contribution is 2.24. The molecule has 0 radical (unpaired) electrons. The van der Waals surface area contributed by atoms with Gasteiger partial charge in [-0.15, -0.1) is 0 Å². The Morgan fingerprint density at radius 3 is 2.92 bits per heavy atom. The first-order valence-corrected chi connectivity index (χ1v) is 5.82. The molecule has 1 aromatic carbocycles. The average Bonchev–Trinajstić information content (AvgIpc) is 2.13. The Labute approximate surface area is 89.5 Å². The molecule has 1 N–H and O–H groups in total. The second-order valence-electron chi connectivity index (χ2n) is 2.49. The molecule has 1 nitrogen and oxygen atoms in total. The highest BCUT2D eigenvalue weighted by Gasteiger charge is 2.04. The SMILES string of the molecule is OCCSCc1cccc(F)c1Br.